The number of benzene rings is 1. The normalized spacial score (nSPS) is 16.8. The van der Waals surface area contributed by atoms with Crippen LogP contribution in [-0.4, -0.2) is 55.8 Å². The number of rotatable bonds is 5. The van der Waals surface area contributed by atoms with Crippen molar-refractivity contribution in [1.29, 1.82) is 0 Å². The van der Waals surface area contributed by atoms with Crippen LogP contribution < -0.4 is 0 Å². The van der Waals surface area contributed by atoms with Crippen LogP contribution in [0, 0.1) is 18.7 Å². The summed E-state index contributed by atoms with van der Waals surface area (Å²) in [5.41, 5.74) is 0.721. The molecule has 7 nitrogen and oxygen atoms in total. The van der Waals surface area contributed by atoms with E-state index in [0.29, 0.717) is 25.3 Å². The minimum atomic E-state index is -0.609. The van der Waals surface area contributed by atoms with Gasteiger partial charge >= 0.3 is 0 Å². The molecule has 0 radical (unpaired) electrons. The molecule has 1 aromatic carbocycles. The number of piperidine rings is 1. The summed E-state index contributed by atoms with van der Waals surface area (Å²) in [5.74, 6) is 0.387. The molecular formula is C17H22FN5O2. The van der Waals surface area contributed by atoms with Crippen molar-refractivity contribution in [3.63, 3.8) is 0 Å². The Morgan fingerprint density at radius 2 is 2.16 bits per heavy atom. The van der Waals surface area contributed by atoms with Crippen LogP contribution >= 0.6 is 0 Å². The lowest BCUT2D eigenvalue weighted by atomic mass is 9.96. The van der Waals surface area contributed by atoms with Crippen LogP contribution in [0.25, 0.3) is 0 Å². The van der Waals surface area contributed by atoms with Gasteiger partial charge in [-0.2, -0.15) is 0 Å². The van der Waals surface area contributed by atoms with Crippen LogP contribution in [0.3, 0.4) is 0 Å². The Morgan fingerprint density at radius 1 is 1.40 bits per heavy atom. The first kappa shape index (κ1) is 17.5. The Hall–Kier alpha value is -2.35. The van der Waals surface area contributed by atoms with Crippen molar-refractivity contribution >= 4 is 5.91 Å². The predicted molar refractivity (Wildman–Crippen MR) is 88.1 cm³/mol. The highest BCUT2D eigenvalue weighted by molar-refractivity contribution is 5.80. The average molecular weight is 347 g/mol. The maximum Gasteiger partial charge on any atom is 0.247 e. The highest BCUT2D eigenvalue weighted by Crippen LogP contribution is 2.23. The third-order valence-electron chi connectivity index (χ3n) is 4.74. The number of amides is 1. The summed E-state index contributed by atoms with van der Waals surface area (Å²) in [7, 11) is 0. The van der Waals surface area contributed by atoms with Gasteiger partial charge < -0.3 is 10.0 Å². The molecule has 1 amide bonds. The van der Waals surface area contributed by atoms with Crippen molar-refractivity contribution in [3.05, 3.63) is 41.5 Å². The van der Waals surface area contributed by atoms with E-state index in [1.807, 2.05) is 0 Å². The highest BCUT2D eigenvalue weighted by Gasteiger charge is 2.31. The topological polar surface area (TPSA) is 84.1 Å². The Labute approximate surface area is 145 Å². The van der Waals surface area contributed by atoms with Crippen molar-refractivity contribution in [2.24, 2.45) is 5.92 Å². The molecule has 1 fully saturated rings. The first-order valence-corrected chi connectivity index (χ1v) is 8.47. The van der Waals surface area contributed by atoms with Gasteiger partial charge in [-0.25, -0.2) is 9.07 Å². The molecule has 0 aliphatic carbocycles. The van der Waals surface area contributed by atoms with Gasteiger partial charge in [0.25, 0.3) is 0 Å². The maximum absolute atomic E-state index is 13.5. The van der Waals surface area contributed by atoms with Crippen LogP contribution in [0.4, 0.5) is 4.39 Å². The Bertz CT molecular complexity index is 727. The SMILES string of the molecule is Cc1nnnn1C(Cc1cccc(F)c1)C(=O)N1CCC(CO)CC1. The third-order valence-corrected chi connectivity index (χ3v) is 4.74. The summed E-state index contributed by atoms with van der Waals surface area (Å²) in [6.45, 7) is 3.10. The monoisotopic (exact) mass is 347 g/mol. The number of hydrogen-bond donors (Lipinski definition) is 1. The van der Waals surface area contributed by atoms with Crippen molar-refractivity contribution in [2.45, 2.75) is 32.2 Å². The number of aromatic nitrogens is 4. The van der Waals surface area contributed by atoms with Gasteiger partial charge in [-0.1, -0.05) is 12.1 Å². The number of carbonyl (C=O) groups excluding carboxylic acids is 1. The van der Waals surface area contributed by atoms with E-state index in [1.165, 1.54) is 16.8 Å². The van der Waals surface area contributed by atoms with E-state index in [0.717, 1.165) is 18.4 Å². The molecule has 1 aromatic heterocycles. The molecule has 2 aromatic rings. The van der Waals surface area contributed by atoms with Gasteiger partial charge in [0, 0.05) is 26.1 Å². The Kier molecular flexibility index (Phi) is 5.37. The first-order chi connectivity index (χ1) is 12.1. The molecule has 25 heavy (non-hydrogen) atoms. The number of halogens is 1. The largest absolute Gasteiger partial charge is 0.396 e. The quantitative estimate of drug-likeness (QED) is 0.877. The van der Waals surface area contributed by atoms with Crippen molar-refractivity contribution < 1.29 is 14.3 Å². The first-order valence-electron chi connectivity index (χ1n) is 8.47. The van der Waals surface area contributed by atoms with Gasteiger partial charge in [0.05, 0.1) is 0 Å². The second-order valence-corrected chi connectivity index (χ2v) is 6.47. The van der Waals surface area contributed by atoms with Crippen LogP contribution in [-0.2, 0) is 11.2 Å². The fourth-order valence-corrected chi connectivity index (χ4v) is 3.24. The molecule has 8 heteroatoms. The zero-order chi connectivity index (χ0) is 17.8. The number of aliphatic hydroxyl groups excluding tert-OH is 1. The molecule has 1 saturated heterocycles. The summed E-state index contributed by atoms with van der Waals surface area (Å²) in [6, 6.07) is 5.62. The lowest BCUT2D eigenvalue weighted by Gasteiger charge is -2.33. The lowest BCUT2D eigenvalue weighted by molar-refractivity contribution is -0.136. The van der Waals surface area contributed by atoms with Gasteiger partial charge in [-0.15, -0.1) is 5.10 Å². The van der Waals surface area contributed by atoms with Gasteiger partial charge in [0.1, 0.15) is 17.7 Å². The molecule has 0 saturated carbocycles. The summed E-state index contributed by atoms with van der Waals surface area (Å²) in [6.07, 6.45) is 1.88. The van der Waals surface area contributed by atoms with Crippen molar-refractivity contribution in [2.75, 3.05) is 19.7 Å². The fourth-order valence-electron chi connectivity index (χ4n) is 3.24. The minimum Gasteiger partial charge on any atom is -0.396 e. The zero-order valence-corrected chi connectivity index (χ0v) is 14.2. The van der Waals surface area contributed by atoms with Crippen molar-refractivity contribution in [3.8, 4) is 0 Å². The number of aliphatic hydroxyl groups is 1. The molecule has 2 heterocycles. The Balaban J connectivity index is 1.81. The fraction of sp³-hybridized carbons (Fsp3) is 0.529. The molecule has 134 valence electrons. The van der Waals surface area contributed by atoms with Gasteiger partial charge in [-0.05, 0) is 53.8 Å². The average Bonchev–Trinajstić information content (AvgIpc) is 3.05. The molecule has 1 N–H and O–H groups in total. The predicted octanol–water partition coefficient (Wildman–Crippen LogP) is 1.14. The molecule has 1 aliphatic heterocycles. The number of nitrogens with zero attached hydrogens (tertiary/aromatic N) is 5. The highest BCUT2D eigenvalue weighted by atomic mass is 19.1. The number of carbonyl (C=O) groups is 1. The summed E-state index contributed by atoms with van der Waals surface area (Å²) in [4.78, 5) is 14.9. The lowest BCUT2D eigenvalue weighted by Crippen LogP contribution is -2.44. The molecule has 1 aliphatic rings. The third kappa shape index (κ3) is 4.01. The van der Waals surface area contributed by atoms with E-state index in [-0.39, 0.29) is 24.2 Å². The minimum absolute atomic E-state index is 0.0731. The Morgan fingerprint density at radius 3 is 2.76 bits per heavy atom. The zero-order valence-electron chi connectivity index (χ0n) is 14.2. The van der Waals surface area contributed by atoms with E-state index >= 15 is 0 Å². The molecular weight excluding hydrogens is 325 g/mol. The van der Waals surface area contributed by atoms with E-state index in [9.17, 15) is 14.3 Å². The van der Waals surface area contributed by atoms with Crippen LogP contribution in [0.1, 0.15) is 30.3 Å². The maximum atomic E-state index is 13.5. The van der Waals surface area contributed by atoms with Crippen LogP contribution in [0.15, 0.2) is 24.3 Å². The van der Waals surface area contributed by atoms with Crippen molar-refractivity contribution in [1.82, 2.24) is 25.1 Å². The summed E-state index contributed by atoms with van der Waals surface area (Å²) >= 11 is 0. The van der Waals surface area contributed by atoms with Crippen LogP contribution in [0.2, 0.25) is 0 Å². The van der Waals surface area contributed by atoms with E-state index in [2.05, 4.69) is 15.5 Å². The van der Waals surface area contributed by atoms with Gasteiger partial charge in [0.2, 0.25) is 5.91 Å². The molecule has 1 atom stereocenters. The standard InChI is InChI=1S/C17H22FN5O2/c1-12-19-20-21-23(12)16(10-14-3-2-4-15(18)9-14)17(25)22-7-5-13(11-24)6-8-22/h2-4,9,13,16,24H,5-8,10-11H2,1H3. The van der Waals surface area contributed by atoms with Crippen LogP contribution in [0.5, 0.6) is 0 Å². The molecule has 3 rings (SSSR count). The smallest absolute Gasteiger partial charge is 0.247 e. The number of likely N-dealkylation sites (tertiary alicyclic amines) is 1. The van der Waals surface area contributed by atoms with E-state index in [4.69, 9.17) is 0 Å². The number of tetrazole rings is 1. The molecule has 0 spiro atoms. The molecule has 0 bridgehead atoms. The number of aryl methyl sites for hydroxylation is 1. The second-order valence-electron chi connectivity index (χ2n) is 6.47. The van der Waals surface area contributed by atoms with E-state index in [1.54, 1.807) is 24.0 Å². The summed E-state index contributed by atoms with van der Waals surface area (Å²) < 4.78 is 15.0. The second kappa shape index (κ2) is 7.69. The van der Waals surface area contributed by atoms with Gasteiger partial charge in [-0.3, -0.25) is 4.79 Å². The number of hydrogen-bond acceptors (Lipinski definition) is 5. The van der Waals surface area contributed by atoms with E-state index < -0.39 is 6.04 Å². The summed E-state index contributed by atoms with van der Waals surface area (Å²) in [5, 5.41) is 20.7. The van der Waals surface area contributed by atoms with Gasteiger partial charge in [0.15, 0.2) is 0 Å². The molecule has 1 unspecified atom stereocenters.